The number of amides is 1. The van der Waals surface area contributed by atoms with E-state index in [1.807, 2.05) is 43.3 Å². The molecule has 6 nitrogen and oxygen atoms in total. The third-order valence-corrected chi connectivity index (χ3v) is 4.84. The van der Waals surface area contributed by atoms with Gasteiger partial charge in [-0.3, -0.25) is 4.79 Å². The van der Waals surface area contributed by atoms with E-state index < -0.39 is 0 Å². The van der Waals surface area contributed by atoms with Crippen molar-refractivity contribution in [2.24, 2.45) is 5.73 Å². The minimum atomic E-state index is -0.154. The molecule has 1 amide bonds. The van der Waals surface area contributed by atoms with Gasteiger partial charge in [-0.15, -0.1) is 0 Å². The van der Waals surface area contributed by atoms with Crippen molar-refractivity contribution in [3.05, 3.63) is 83.6 Å². The lowest BCUT2D eigenvalue weighted by atomic mass is 10.1. The van der Waals surface area contributed by atoms with Crippen LogP contribution in [-0.4, -0.2) is 33.9 Å². The van der Waals surface area contributed by atoms with E-state index in [-0.39, 0.29) is 5.91 Å². The monoisotopic (exact) mass is 415 g/mol. The summed E-state index contributed by atoms with van der Waals surface area (Å²) in [5.41, 5.74) is 10.7. The first-order valence-corrected chi connectivity index (χ1v) is 10.6. The van der Waals surface area contributed by atoms with Gasteiger partial charge in [0, 0.05) is 24.8 Å². The van der Waals surface area contributed by atoms with Crippen LogP contribution in [0.5, 0.6) is 0 Å². The number of carbonyl (C=O) groups is 1. The van der Waals surface area contributed by atoms with Crippen molar-refractivity contribution in [3.63, 3.8) is 0 Å². The zero-order chi connectivity index (χ0) is 22.1. The first-order valence-electron chi connectivity index (χ1n) is 10.6. The van der Waals surface area contributed by atoms with E-state index in [1.54, 1.807) is 12.3 Å². The number of H-pyrrole nitrogens is 1. The number of hydrogen-bond donors (Lipinski definition) is 3. The molecular formula is C25H29N5O. The van der Waals surface area contributed by atoms with Gasteiger partial charge in [0.15, 0.2) is 5.65 Å². The molecule has 0 radical (unpaired) electrons. The van der Waals surface area contributed by atoms with Crippen molar-refractivity contribution in [1.82, 2.24) is 20.3 Å². The van der Waals surface area contributed by atoms with Crippen LogP contribution in [0.4, 0.5) is 0 Å². The number of nitrogens with one attached hydrogen (secondary N) is 2. The van der Waals surface area contributed by atoms with Crippen LogP contribution in [0.2, 0.25) is 0 Å². The molecule has 0 aliphatic rings. The summed E-state index contributed by atoms with van der Waals surface area (Å²) < 4.78 is 0. The SMILES string of the molecule is C\C=C/C(=C\C(=C\CC)CN)CCNC(=O)c1ccnc2nc(-c3ccccc3)[nH]c12. The van der Waals surface area contributed by atoms with Gasteiger partial charge in [-0.05, 0) is 37.0 Å². The van der Waals surface area contributed by atoms with Gasteiger partial charge in [0.25, 0.3) is 5.91 Å². The zero-order valence-corrected chi connectivity index (χ0v) is 18.1. The molecule has 0 spiro atoms. The van der Waals surface area contributed by atoms with Crippen LogP contribution in [0.1, 0.15) is 37.0 Å². The van der Waals surface area contributed by atoms with Crippen molar-refractivity contribution >= 4 is 17.1 Å². The number of benzene rings is 1. The smallest absolute Gasteiger partial charge is 0.253 e. The summed E-state index contributed by atoms with van der Waals surface area (Å²) in [5.74, 6) is 0.539. The second kappa shape index (κ2) is 11.0. The molecule has 160 valence electrons. The van der Waals surface area contributed by atoms with E-state index in [1.165, 1.54) is 0 Å². The highest BCUT2D eigenvalue weighted by Gasteiger charge is 2.14. The molecule has 1 aromatic carbocycles. The topological polar surface area (TPSA) is 96.7 Å². The van der Waals surface area contributed by atoms with Crippen LogP contribution >= 0.6 is 0 Å². The molecule has 3 rings (SSSR count). The first-order chi connectivity index (χ1) is 15.2. The standard InChI is InChI=1S/C25H29N5O/c1-3-8-18(16-19(17-26)9-4-2)12-14-28-25(31)21-13-15-27-24-22(21)29-23(30-24)20-10-6-5-7-11-20/h3,5-11,13,15-16H,4,12,14,17,26H2,1-2H3,(H,28,31)(H,27,29,30)/b8-3-,18-16+,19-9-. The van der Waals surface area contributed by atoms with Crippen LogP contribution in [0.3, 0.4) is 0 Å². The summed E-state index contributed by atoms with van der Waals surface area (Å²) in [7, 11) is 0. The summed E-state index contributed by atoms with van der Waals surface area (Å²) >= 11 is 0. The molecule has 0 saturated carbocycles. The molecule has 0 atom stereocenters. The van der Waals surface area contributed by atoms with Gasteiger partial charge in [0.05, 0.1) is 11.1 Å². The average molecular weight is 416 g/mol. The predicted octanol–water partition coefficient (Wildman–Crippen LogP) is 4.54. The fourth-order valence-corrected chi connectivity index (χ4v) is 3.37. The normalized spacial score (nSPS) is 12.6. The highest BCUT2D eigenvalue weighted by atomic mass is 16.1. The Kier molecular flexibility index (Phi) is 7.90. The summed E-state index contributed by atoms with van der Waals surface area (Å²) in [6, 6.07) is 11.5. The van der Waals surface area contributed by atoms with Crippen molar-refractivity contribution in [2.45, 2.75) is 26.7 Å². The van der Waals surface area contributed by atoms with Crippen LogP contribution in [0.15, 0.2) is 78.0 Å². The number of imidazole rings is 1. The second-order valence-corrected chi connectivity index (χ2v) is 7.13. The molecule has 0 saturated heterocycles. The Morgan fingerprint density at radius 2 is 2.00 bits per heavy atom. The molecule has 4 N–H and O–H groups in total. The van der Waals surface area contributed by atoms with Gasteiger partial charge < -0.3 is 16.0 Å². The van der Waals surface area contributed by atoms with Gasteiger partial charge in [0.1, 0.15) is 5.82 Å². The third kappa shape index (κ3) is 5.77. The highest BCUT2D eigenvalue weighted by Crippen LogP contribution is 2.21. The van der Waals surface area contributed by atoms with Crippen LogP contribution in [0, 0.1) is 0 Å². The Balaban J connectivity index is 1.74. The summed E-state index contributed by atoms with van der Waals surface area (Å²) in [4.78, 5) is 25.0. The molecule has 2 heterocycles. The molecule has 0 fully saturated rings. The molecule has 0 aliphatic heterocycles. The van der Waals surface area contributed by atoms with Crippen LogP contribution < -0.4 is 11.1 Å². The minimum absolute atomic E-state index is 0.154. The number of aromatic amines is 1. The van der Waals surface area contributed by atoms with E-state index in [0.29, 0.717) is 42.1 Å². The maximum Gasteiger partial charge on any atom is 0.253 e. The summed E-state index contributed by atoms with van der Waals surface area (Å²) in [5, 5.41) is 3.01. The third-order valence-electron chi connectivity index (χ3n) is 4.84. The fourth-order valence-electron chi connectivity index (χ4n) is 3.37. The number of fused-ring (bicyclic) bond motifs is 1. The molecule has 3 aromatic rings. The number of rotatable bonds is 9. The molecule has 31 heavy (non-hydrogen) atoms. The number of aromatic nitrogens is 3. The Morgan fingerprint density at radius 1 is 1.19 bits per heavy atom. The first kappa shape index (κ1) is 22.2. The van der Waals surface area contributed by atoms with E-state index >= 15 is 0 Å². The number of hydrogen-bond acceptors (Lipinski definition) is 4. The Morgan fingerprint density at radius 3 is 2.71 bits per heavy atom. The molecule has 6 heteroatoms. The van der Waals surface area contributed by atoms with Crippen molar-refractivity contribution in [3.8, 4) is 11.4 Å². The maximum absolute atomic E-state index is 12.9. The van der Waals surface area contributed by atoms with Gasteiger partial charge in [-0.2, -0.15) is 0 Å². The largest absolute Gasteiger partial charge is 0.352 e. The molecule has 2 aromatic heterocycles. The lowest BCUT2D eigenvalue weighted by Gasteiger charge is -2.08. The van der Waals surface area contributed by atoms with E-state index in [9.17, 15) is 4.79 Å². The van der Waals surface area contributed by atoms with Crippen molar-refractivity contribution < 1.29 is 4.79 Å². The average Bonchev–Trinajstić information content (AvgIpc) is 3.23. The summed E-state index contributed by atoms with van der Waals surface area (Å²) in [6.07, 6.45) is 11.5. The molecular weight excluding hydrogens is 386 g/mol. The quantitative estimate of drug-likeness (QED) is 0.447. The van der Waals surface area contributed by atoms with Gasteiger partial charge in [-0.1, -0.05) is 61.6 Å². The van der Waals surface area contributed by atoms with E-state index in [2.05, 4.69) is 45.4 Å². The predicted molar refractivity (Wildman–Crippen MR) is 127 cm³/mol. The van der Waals surface area contributed by atoms with Gasteiger partial charge in [0.2, 0.25) is 0 Å². The number of pyridine rings is 1. The minimum Gasteiger partial charge on any atom is -0.352 e. The van der Waals surface area contributed by atoms with Crippen LogP contribution in [-0.2, 0) is 0 Å². The van der Waals surface area contributed by atoms with E-state index in [0.717, 1.165) is 23.1 Å². The van der Waals surface area contributed by atoms with E-state index in [4.69, 9.17) is 5.73 Å². The number of nitrogens with zero attached hydrogens (tertiary/aromatic N) is 2. The lowest BCUT2D eigenvalue weighted by molar-refractivity contribution is 0.0955. The van der Waals surface area contributed by atoms with Gasteiger partial charge >= 0.3 is 0 Å². The Bertz CT molecular complexity index is 1110. The fraction of sp³-hybridized carbons (Fsp3) is 0.240. The Labute approximate surface area is 183 Å². The number of carbonyl (C=O) groups excluding carboxylic acids is 1. The van der Waals surface area contributed by atoms with Crippen molar-refractivity contribution in [1.29, 1.82) is 0 Å². The maximum atomic E-state index is 12.9. The second-order valence-electron chi connectivity index (χ2n) is 7.13. The number of allylic oxidation sites excluding steroid dienone is 3. The van der Waals surface area contributed by atoms with Crippen molar-refractivity contribution in [2.75, 3.05) is 13.1 Å². The Hall–Kier alpha value is -3.51. The summed E-state index contributed by atoms with van der Waals surface area (Å²) in [6.45, 7) is 5.09. The van der Waals surface area contributed by atoms with Gasteiger partial charge in [-0.25, -0.2) is 9.97 Å². The molecule has 0 bridgehead atoms. The molecule has 0 aliphatic carbocycles. The molecule has 0 unspecified atom stereocenters. The highest BCUT2D eigenvalue weighted by molar-refractivity contribution is 6.04. The number of nitrogens with two attached hydrogens (primary N) is 1. The zero-order valence-electron chi connectivity index (χ0n) is 18.1. The van der Waals surface area contributed by atoms with Crippen LogP contribution in [0.25, 0.3) is 22.6 Å². The lowest BCUT2D eigenvalue weighted by Crippen LogP contribution is -2.25.